The summed E-state index contributed by atoms with van der Waals surface area (Å²) in [5.74, 6) is 2.28. The summed E-state index contributed by atoms with van der Waals surface area (Å²) in [6, 6.07) is 8.03. The maximum Gasteiger partial charge on any atom is 0.155 e. The molecule has 0 radical (unpaired) electrons. The normalized spacial score (nSPS) is 18.0. The predicted molar refractivity (Wildman–Crippen MR) is 124 cm³/mol. The maximum absolute atomic E-state index is 10.1. The average molecular weight is 450 g/mol. The Morgan fingerprint density at radius 3 is 2.59 bits per heavy atom. The number of hydrogen-bond acceptors (Lipinski definition) is 7. The van der Waals surface area contributed by atoms with Gasteiger partial charge < -0.3 is 34.4 Å². The van der Waals surface area contributed by atoms with Crippen LogP contribution >= 0.6 is 0 Å². The summed E-state index contributed by atoms with van der Waals surface area (Å²) in [7, 11) is 5.67. The number of nitrogens with zero attached hydrogens (tertiary/aromatic N) is 1. The molecule has 2 rings (SSSR count). The van der Waals surface area contributed by atoms with Crippen molar-refractivity contribution in [1.82, 2.24) is 4.90 Å². The summed E-state index contributed by atoms with van der Waals surface area (Å²) < 4.78 is 17.3. The molecule has 0 fully saturated rings. The molecule has 1 aromatic carbocycles. The molecule has 0 aromatic heterocycles. The highest BCUT2D eigenvalue weighted by Crippen LogP contribution is 2.27. The van der Waals surface area contributed by atoms with Crippen molar-refractivity contribution in [3.8, 4) is 5.75 Å². The van der Waals surface area contributed by atoms with Gasteiger partial charge in [-0.25, -0.2) is 0 Å². The third kappa shape index (κ3) is 10.1. The number of aliphatic hydroxyl groups is 3. The highest BCUT2D eigenvalue weighted by atomic mass is 16.6. The molecular weight excluding hydrogens is 410 g/mol. The molecule has 0 saturated heterocycles. The van der Waals surface area contributed by atoms with E-state index in [4.69, 9.17) is 24.4 Å². The Morgan fingerprint density at radius 1 is 1.09 bits per heavy atom. The second-order valence-corrected chi connectivity index (χ2v) is 8.51. The molecule has 0 saturated carbocycles. The Kier molecular flexibility index (Phi) is 11.8. The molecule has 0 aliphatic heterocycles. The van der Waals surface area contributed by atoms with Crippen LogP contribution in [0.5, 0.6) is 5.75 Å². The van der Waals surface area contributed by atoms with Crippen molar-refractivity contribution in [3.05, 3.63) is 53.8 Å². The summed E-state index contributed by atoms with van der Waals surface area (Å²) in [6.07, 6.45) is 7.16. The fourth-order valence-electron chi connectivity index (χ4n) is 3.61. The smallest absolute Gasteiger partial charge is 0.155 e. The summed E-state index contributed by atoms with van der Waals surface area (Å²) in [4.78, 5) is 2.05. The van der Waals surface area contributed by atoms with Crippen LogP contribution < -0.4 is 4.74 Å². The first-order valence-corrected chi connectivity index (χ1v) is 11.3. The van der Waals surface area contributed by atoms with E-state index in [2.05, 4.69) is 23.1 Å². The molecule has 3 atom stereocenters. The summed E-state index contributed by atoms with van der Waals surface area (Å²) in [5.41, 5.74) is 1.14. The van der Waals surface area contributed by atoms with Crippen LogP contribution in [0.1, 0.15) is 37.7 Å². The van der Waals surface area contributed by atoms with E-state index in [-0.39, 0.29) is 18.9 Å². The minimum Gasteiger partial charge on any atom is -0.501 e. The molecule has 180 valence electrons. The number of ether oxygens (including phenoxy) is 3. The largest absolute Gasteiger partial charge is 0.501 e. The quantitative estimate of drug-likeness (QED) is 0.355. The first kappa shape index (κ1) is 26.4. The lowest BCUT2D eigenvalue weighted by atomic mass is 9.92. The molecule has 1 aliphatic rings. The van der Waals surface area contributed by atoms with E-state index in [1.807, 2.05) is 38.4 Å². The van der Waals surface area contributed by atoms with Crippen molar-refractivity contribution in [1.29, 1.82) is 0 Å². The van der Waals surface area contributed by atoms with Crippen LogP contribution in [-0.2, 0) is 15.9 Å². The van der Waals surface area contributed by atoms with Gasteiger partial charge in [-0.2, -0.15) is 0 Å². The monoisotopic (exact) mass is 449 g/mol. The Labute approximate surface area is 191 Å². The number of methoxy groups -OCH3 is 1. The Bertz CT molecular complexity index is 718. The molecule has 3 unspecified atom stereocenters. The van der Waals surface area contributed by atoms with Gasteiger partial charge in [0.25, 0.3) is 0 Å². The van der Waals surface area contributed by atoms with E-state index >= 15 is 0 Å². The van der Waals surface area contributed by atoms with Gasteiger partial charge in [-0.3, -0.25) is 0 Å². The van der Waals surface area contributed by atoms with Crippen molar-refractivity contribution in [2.75, 3.05) is 34.4 Å². The highest BCUT2D eigenvalue weighted by Gasteiger charge is 2.18. The van der Waals surface area contributed by atoms with Crippen molar-refractivity contribution in [2.45, 2.75) is 57.2 Å². The second kappa shape index (κ2) is 14.3. The van der Waals surface area contributed by atoms with Crippen LogP contribution in [0.2, 0.25) is 0 Å². The van der Waals surface area contributed by atoms with E-state index in [0.717, 1.165) is 42.9 Å². The topological polar surface area (TPSA) is 91.6 Å². The number of allylic oxidation sites excluding steroid dienone is 4. The molecule has 0 spiro atoms. The zero-order chi connectivity index (χ0) is 23.3. The molecule has 0 amide bonds. The Morgan fingerprint density at radius 2 is 1.88 bits per heavy atom. The van der Waals surface area contributed by atoms with Gasteiger partial charge in [0.2, 0.25) is 0 Å². The van der Waals surface area contributed by atoms with Crippen LogP contribution in [0, 0.1) is 5.92 Å². The number of benzene rings is 1. The fraction of sp³-hybridized carbons (Fsp3) is 0.600. The van der Waals surface area contributed by atoms with E-state index in [0.29, 0.717) is 18.9 Å². The minimum atomic E-state index is -1.45. The summed E-state index contributed by atoms with van der Waals surface area (Å²) >= 11 is 0. The van der Waals surface area contributed by atoms with E-state index in [1.54, 1.807) is 7.11 Å². The molecule has 0 bridgehead atoms. The second-order valence-electron chi connectivity index (χ2n) is 8.51. The first-order valence-electron chi connectivity index (χ1n) is 11.3. The molecule has 32 heavy (non-hydrogen) atoms. The van der Waals surface area contributed by atoms with Gasteiger partial charge in [-0.15, -0.1) is 0 Å². The predicted octanol–water partition coefficient (Wildman–Crippen LogP) is 2.85. The molecule has 0 heterocycles. The third-order valence-electron chi connectivity index (χ3n) is 5.49. The summed E-state index contributed by atoms with van der Waals surface area (Å²) in [6.45, 7) is 1.10. The van der Waals surface area contributed by atoms with Gasteiger partial charge in [0.1, 0.15) is 12.4 Å². The molecule has 1 aliphatic carbocycles. The van der Waals surface area contributed by atoms with Gasteiger partial charge in [-0.05, 0) is 57.0 Å². The molecular formula is C25H39NO6. The number of aryl methyl sites for hydroxylation is 1. The molecule has 7 nitrogen and oxygen atoms in total. The summed E-state index contributed by atoms with van der Waals surface area (Å²) in [5, 5.41) is 28.1. The Hall–Kier alpha value is -1.90. The van der Waals surface area contributed by atoms with Crippen LogP contribution in [0.3, 0.4) is 0 Å². The van der Waals surface area contributed by atoms with Crippen molar-refractivity contribution >= 4 is 0 Å². The molecule has 7 heteroatoms. The van der Waals surface area contributed by atoms with Crippen LogP contribution in [0.15, 0.2) is 48.3 Å². The zero-order valence-corrected chi connectivity index (χ0v) is 19.5. The molecule has 3 N–H and O–H groups in total. The van der Waals surface area contributed by atoms with Crippen LogP contribution in [0.4, 0.5) is 0 Å². The SMILES string of the molecule is COC1=CC=CC(CCc2ccccc2OCC(CCN(C)C)OC(O)CCC(O)O)C1. The van der Waals surface area contributed by atoms with Crippen molar-refractivity contribution < 1.29 is 29.5 Å². The fourth-order valence-corrected chi connectivity index (χ4v) is 3.61. The Balaban J connectivity index is 1.92. The van der Waals surface area contributed by atoms with E-state index < -0.39 is 12.6 Å². The van der Waals surface area contributed by atoms with Gasteiger partial charge in [0.15, 0.2) is 12.6 Å². The lowest BCUT2D eigenvalue weighted by Crippen LogP contribution is -2.31. The van der Waals surface area contributed by atoms with Crippen molar-refractivity contribution in [3.63, 3.8) is 0 Å². The van der Waals surface area contributed by atoms with Gasteiger partial charge in [0, 0.05) is 25.8 Å². The maximum atomic E-state index is 10.1. The van der Waals surface area contributed by atoms with Crippen molar-refractivity contribution in [2.24, 2.45) is 5.92 Å². The van der Waals surface area contributed by atoms with Gasteiger partial charge in [0.05, 0.1) is 19.0 Å². The number of aliphatic hydroxyl groups excluding tert-OH is 2. The van der Waals surface area contributed by atoms with E-state index in [9.17, 15) is 5.11 Å². The standard InChI is InChI=1S/C25H39NO6/c1-26(2)16-15-22(32-25(29)14-13-24(27)28)18-31-23-10-5-4-8-20(23)12-11-19-7-6-9-21(17-19)30-3/h4-10,19,22,24-25,27-29H,11-18H2,1-3H3. The lowest BCUT2D eigenvalue weighted by molar-refractivity contribution is -0.160. The van der Waals surface area contributed by atoms with Gasteiger partial charge in [-0.1, -0.05) is 30.4 Å². The number of para-hydroxylation sites is 1. The minimum absolute atomic E-state index is 0.0564. The van der Waals surface area contributed by atoms with Crippen LogP contribution in [0.25, 0.3) is 0 Å². The lowest BCUT2D eigenvalue weighted by Gasteiger charge is -2.24. The highest BCUT2D eigenvalue weighted by molar-refractivity contribution is 5.33. The van der Waals surface area contributed by atoms with Crippen LogP contribution in [-0.4, -0.2) is 73.3 Å². The number of hydrogen-bond donors (Lipinski definition) is 3. The zero-order valence-electron chi connectivity index (χ0n) is 19.5. The van der Waals surface area contributed by atoms with E-state index in [1.165, 1.54) is 0 Å². The first-order chi connectivity index (χ1) is 15.4. The third-order valence-corrected chi connectivity index (χ3v) is 5.49. The molecule has 1 aromatic rings. The average Bonchev–Trinajstić information content (AvgIpc) is 2.78. The van der Waals surface area contributed by atoms with Gasteiger partial charge >= 0.3 is 0 Å². The number of rotatable bonds is 15.